The molecule has 1 aromatic rings. The van der Waals surface area contributed by atoms with Crippen LogP contribution >= 0.6 is 24.4 Å². The van der Waals surface area contributed by atoms with E-state index in [1.54, 1.807) is 13.3 Å². The van der Waals surface area contributed by atoms with Gasteiger partial charge in [0, 0.05) is 12.6 Å². The molecule has 0 unspecified atom stereocenters. The Labute approximate surface area is 134 Å². The van der Waals surface area contributed by atoms with Crippen LogP contribution in [0, 0.1) is 0 Å². The summed E-state index contributed by atoms with van der Waals surface area (Å²) in [6.07, 6.45) is 1.54. The fourth-order valence-corrected chi connectivity index (χ4v) is 1.47. The van der Waals surface area contributed by atoms with E-state index in [1.165, 1.54) is 0 Å². The van der Waals surface area contributed by atoms with Crippen LogP contribution in [0.5, 0.6) is 0 Å². The second-order valence-corrected chi connectivity index (χ2v) is 4.42. The average Bonchev–Trinajstić information content (AvgIpc) is 2.51. The molecule has 0 radical (unpaired) electrons. The normalized spacial score (nSPS) is 11.0. The Morgan fingerprint density at radius 2 is 1.95 bits per heavy atom. The quantitative estimate of drug-likeness (QED) is 0.432. The van der Waals surface area contributed by atoms with Crippen molar-refractivity contribution in [3.05, 3.63) is 35.9 Å². The Bertz CT molecular complexity index is 531. The maximum Gasteiger partial charge on any atom is 0.277 e. The molecule has 21 heavy (non-hydrogen) atoms. The van der Waals surface area contributed by atoms with Gasteiger partial charge in [-0.3, -0.25) is 5.43 Å². The predicted octanol–water partition coefficient (Wildman–Crippen LogP) is 1.38. The highest BCUT2D eigenvalue weighted by molar-refractivity contribution is 7.80. The van der Waals surface area contributed by atoms with Gasteiger partial charge >= 0.3 is 0 Å². The van der Waals surface area contributed by atoms with Crippen LogP contribution in [0.25, 0.3) is 0 Å². The Hall–Kier alpha value is -2.06. The highest BCUT2D eigenvalue weighted by Gasteiger charge is 2.01. The number of hydrogen-bond acceptors (Lipinski definition) is 5. The molecule has 0 aromatic heterocycles. The van der Waals surface area contributed by atoms with Crippen LogP contribution in [-0.4, -0.2) is 35.9 Å². The zero-order valence-corrected chi connectivity index (χ0v) is 13.4. The Morgan fingerprint density at radius 3 is 2.57 bits per heavy atom. The molecule has 0 aliphatic carbocycles. The second-order valence-electron chi connectivity index (χ2n) is 3.64. The standard InChI is InChI=1S/C13H17N5OS2/c1-3-19-13(21)18-16-11(9-15-17-12(20)14-2)10-7-5-4-6-8-10/h4-9H,3H2,1-2H3,(H,18,21)(H2,14,17,20)/b15-9+,16-11-. The van der Waals surface area contributed by atoms with Crippen molar-refractivity contribution in [2.75, 3.05) is 13.7 Å². The molecule has 0 fully saturated rings. The number of thiocarbonyl (C=S) groups is 2. The molecule has 0 saturated heterocycles. The first-order chi connectivity index (χ1) is 10.2. The number of ether oxygens (including phenoxy) is 1. The molecule has 3 N–H and O–H groups in total. The Kier molecular flexibility index (Phi) is 7.92. The predicted molar refractivity (Wildman–Crippen MR) is 93.6 cm³/mol. The third kappa shape index (κ3) is 6.77. The lowest BCUT2D eigenvalue weighted by Gasteiger charge is -2.06. The monoisotopic (exact) mass is 323 g/mol. The minimum absolute atomic E-state index is 0.207. The number of rotatable bonds is 5. The number of hydrogen-bond donors (Lipinski definition) is 3. The van der Waals surface area contributed by atoms with E-state index < -0.39 is 0 Å². The fraction of sp³-hybridized carbons (Fsp3) is 0.231. The van der Waals surface area contributed by atoms with Gasteiger partial charge in [-0.1, -0.05) is 30.3 Å². The van der Waals surface area contributed by atoms with Gasteiger partial charge in [-0.15, -0.1) is 0 Å². The zero-order chi connectivity index (χ0) is 15.5. The van der Waals surface area contributed by atoms with Gasteiger partial charge in [0.1, 0.15) is 5.71 Å². The molecule has 8 heteroatoms. The van der Waals surface area contributed by atoms with Gasteiger partial charge in [-0.25, -0.2) is 5.43 Å². The topological polar surface area (TPSA) is 70.0 Å². The van der Waals surface area contributed by atoms with Crippen molar-refractivity contribution in [2.45, 2.75) is 6.92 Å². The first kappa shape index (κ1) is 17.0. The van der Waals surface area contributed by atoms with Gasteiger partial charge in [-0.05, 0) is 31.4 Å². The van der Waals surface area contributed by atoms with Crippen molar-refractivity contribution < 1.29 is 4.74 Å². The molecular formula is C13H17N5OS2. The van der Waals surface area contributed by atoms with Crippen LogP contribution < -0.4 is 16.2 Å². The van der Waals surface area contributed by atoms with Crippen molar-refractivity contribution >= 4 is 46.6 Å². The van der Waals surface area contributed by atoms with E-state index in [-0.39, 0.29) is 5.17 Å². The third-order valence-corrected chi connectivity index (χ3v) is 2.70. The lowest BCUT2D eigenvalue weighted by Crippen LogP contribution is -2.29. The number of nitrogens with zero attached hydrogens (tertiary/aromatic N) is 2. The van der Waals surface area contributed by atoms with Gasteiger partial charge in [0.15, 0.2) is 5.11 Å². The van der Waals surface area contributed by atoms with Crippen molar-refractivity contribution in [1.82, 2.24) is 16.2 Å². The second kappa shape index (κ2) is 9.78. The highest BCUT2D eigenvalue weighted by atomic mass is 32.1. The maximum absolute atomic E-state index is 5.11. The van der Waals surface area contributed by atoms with E-state index >= 15 is 0 Å². The Morgan fingerprint density at radius 1 is 1.24 bits per heavy atom. The molecule has 0 spiro atoms. The number of nitrogens with one attached hydrogen (secondary N) is 3. The number of benzene rings is 1. The number of hydrazone groups is 2. The SMILES string of the molecule is CCOC(=S)N/N=C(/C=N/NC(=S)NC)c1ccccc1. The summed E-state index contributed by atoms with van der Waals surface area (Å²) >= 11 is 9.90. The first-order valence-corrected chi connectivity index (χ1v) is 7.05. The van der Waals surface area contributed by atoms with Crippen molar-refractivity contribution in [1.29, 1.82) is 0 Å². The summed E-state index contributed by atoms with van der Waals surface area (Å²) in [6, 6.07) is 9.56. The molecule has 0 amide bonds. The summed E-state index contributed by atoms with van der Waals surface area (Å²) in [5.41, 5.74) is 6.79. The van der Waals surface area contributed by atoms with Gasteiger partial charge < -0.3 is 10.1 Å². The molecule has 0 atom stereocenters. The van der Waals surface area contributed by atoms with Crippen molar-refractivity contribution in [3.63, 3.8) is 0 Å². The van der Waals surface area contributed by atoms with Gasteiger partial charge in [-0.2, -0.15) is 10.2 Å². The van der Waals surface area contributed by atoms with Crippen LogP contribution in [0.1, 0.15) is 12.5 Å². The molecule has 0 aliphatic heterocycles. The summed E-state index contributed by atoms with van der Waals surface area (Å²) in [5.74, 6) is 0. The molecule has 1 aromatic carbocycles. The van der Waals surface area contributed by atoms with Crippen LogP contribution in [0.3, 0.4) is 0 Å². The van der Waals surface area contributed by atoms with Crippen LogP contribution in [0.4, 0.5) is 0 Å². The van der Waals surface area contributed by atoms with E-state index in [2.05, 4.69) is 26.4 Å². The minimum atomic E-state index is 0.207. The molecule has 0 bridgehead atoms. The minimum Gasteiger partial charge on any atom is -0.470 e. The third-order valence-electron chi connectivity index (χ3n) is 2.19. The lowest BCUT2D eigenvalue weighted by atomic mass is 10.1. The molecule has 0 heterocycles. The van der Waals surface area contributed by atoms with E-state index in [0.717, 1.165) is 5.56 Å². The van der Waals surface area contributed by atoms with Gasteiger partial charge in [0.05, 0.1) is 12.8 Å². The Balaban J connectivity index is 2.82. The van der Waals surface area contributed by atoms with Crippen LogP contribution in [0.15, 0.2) is 40.5 Å². The van der Waals surface area contributed by atoms with Crippen LogP contribution in [-0.2, 0) is 4.74 Å². The fourth-order valence-electron chi connectivity index (χ4n) is 1.25. The largest absolute Gasteiger partial charge is 0.470 e. The van der Waals surface area contributed by atoms with Crippen molar-refractivity contribution in [3.8, 4) is 0 Å². The summed E-state index contributed by atoms with van der Waals surface area (Å²) in [6.45, 7) is 2.33. The summed E-state index contributed by atoms with van der Waals surface area (Å²) in [7, 11) is 1.71. The molecule has 112 valence electrons. The lowest BCUT2D eigenvalue weighted by molar-refractivity contribution is 0.321. The first-order valence-electron chi connectivity index (χ1n) is 6.24. The van der Waals surface area contributed by atoms with Crippen molar-refractivity contribution in [2.24, 2.45) is 10.2 Å². The zero-order valence-electron chi connectivity index (χ0n) is 11.8. The summed E-state index contributed by atoms with van der Waals surface area (Å²) in [5, 5.41) is 11.6. The highest BCUT2D eigenvalue weighted by Crippen LogP contribution is 1.99. The molecule has 6 nitrogen and oxygen atoms in total. The molecule has 1 rings (SSSR count). The smallest absolute Gasteiger partial charge is 0.277 e. The van der Waals surface area contributed by atoms with Gasteiger partial charge in [0.2, 0.25) is 0 Å². The molecule has 0 aliphatic rings. The maximum atomic E-state index is 5.11. The molecule has 0 saturated carbocycles. The van der Waals surface area contributed by atoms with Crippen LogP contribution in [0.2, 0.25) is 0 Å². The van der Waals surface area contributed by atoms with E-state index in [0.29, 0.717) is 17.4 Å². The van der Waals surface area contributed by atoms with Gasteiger partial charge in [0.25, 0.3) is 5.17 Å². The molecular weight excluding hydrogens is 306 g/mol. The van der Waals surface area contributed by atoms with E-state index in [9.17, 15) is 0 Å². The van der Waals surface area contributed by atoms with E-state index in [4.69, 9.17) is 29.2 Å². The average molecular weight is 323 g/mol. The van der Waals surface area contributed by atoms with E-state index in [1.807, 2.05) is 37.3 Å². The summed E-state index contributed by atoms with van der Waals surface area (Å²) in [4.78, 5) is 0. The summed E-state index contributed by atoms with van der Waals surface area (Å²) < 4.78 is 5.11.